The lowest BCUT2D eigenvalue weighted by molar-refractivity contribution is -0.116. The average Bonchev–Trinajstić information content (AvgIpc) is 2.90. The summed E-state index contributed by atoms with van der Waals surface area (Å²) in [6.07, 6.45) is 12.8. The predicted molar refractivity (Wildman–Crippen MR) is 154 cm³/mol. The number of amides is 1. The van der Waals surface area contributed by atoms with Crippen molar-refractivity contribution < 1.29 is 4.79 Å². The first-order chi connectivity index (χ1) is 16.8. The van der Waals surface area contributed by atoms with Crippen LogP contribution < -0.4 is 5.32 Å². The fraction of sp³-hybridized carbons (Fsp3) is 0.333. The summed E-state index contributed by atoms with van der Waals surface area (Å²) in [5.74, 6) is 0.745. The molecule has 0 radical (unpaired) electrons. The van der Waals surface area contributed by atoms with Crippen LogP contribution in [-0.2, 0) is 4.79 Å². The first kappa shape index (κ1) is 29.6. The van der Waals surface area contributed by atoms with E-state index < -0.39 is 0 Å². The molecule has 2 aromatic carbocycles. The Kier molecular flexibility index (Phi) is 13.3. The van der Waals surface area contributed by atoms with Crippen molar-refractivity contribution >= 4 is 36.8 Å². The summed E-state index contributed by atoms with van der Waals surface area (Å²) in [5, 5.41) is 2.99. The van der Waals surface area contributed by atoms with E-state index in [-0.39, 0.29) is 30.7 Å². The molecule has 6 heteroatoms. The van der Waals surface area contributed by atoms with Gasteiger partial charge in [-0.3, -0.25) is 14.7 Å². The normalized spacial score (nSPS) is 14.2. The van der Waals surface area contributed by atoms with Crippen LogP contribution in [-0.4, -0.2) is 35.4 Å². The minimum Gasteiger partial charge on any atom is -0.353 e. The van der Waals surface area contributed by atoms with Gasteiger partial charge in [0, 0.05) is 25.0 Å². The molecule has 192 valence electrons. The van der Waals surface area contributed by atoms with E-state index in [1.54, 1.807) is 24.5 Å². The highest BCUT2D eigenvalue weighted by molar-refractivity contribution is 5.91. The number of nitrogens with one attached hydrogen (secondary N) is 1. The summed E-state index contributed by atoms with van der Waals surface area (Å²) in [7, 11) is 0. The van der Waals surface area contributed by atoms with E-state index in [2.05, 4.69) is 75.9 Å². The van der Waals surface area contributed by atoms with Gasteiger partial charge in [0.1, 0.15) is 0 Å². The number of likely N-dealkylation sites (tertiary alicyclic amines) is 1. The zero-order valence-electron chi connectivity index (χ0n) is 20.7. The van der Waals surface area contributed by atoms with Crippen LogP contribution in [0.2, 0.25) is 0 Å². The number of carbonyl (C=O) groups excluding carboxylic acids is 1. The number of hydrogen-bond donors (Lipinski definition) is 1. The molecule has 0 atom stereocenters. The van der Waals surface area contributed by atoms with Crippen LogP contribution in [0.5, 0.6) is 0 Å². The third kappa shape index (κ3) is 9.09. The zero-order chi connectivity index (χ0) is 23.4. The minimum atomic E-state index is -0.0370. The van der Waals surface area contributed by atoms with E-state index in [4.69, 9.17) is 0 Å². The van der Waals surface area contributed by atoms with Crippen LogP contribution in [0.25, 0.3) is 6.08 Å². The van der Waals surface area contributed by atoms with Gasteiger partial charge in [0.2, 0.25) is 5.91 Å². The first-order valence-electron chi connectivity index (χ1n) is 12.5. The van der Waals surface area contributed by atoms with E-state index >= 15 is 0 Å². The summed E-state index contributed by atoms with van der Waals surface area (Å²) in [6, 6.07) is 25.9. The Bertz CT molecular complexity index is 984. The van der Waals surface area contributed by atoms with Gasteiger partial charge < -0.3 is 5.32 Å². The maximum absolute atomic E-state index is 12.0. The predicted octanol–water partition coefficient (Wildman–Crippen LogP) is 6.73. The summed E-state index contributed by atoms with van der Waals surface area (Å²) >= 11 is 0. The number of unbranched alkanes of at least 4 members (excludes halogenated alkanes) is 1. The van der Waals surface area contributed by atoms with Gasteiger partial charge in [0.05, 0.1) is 6.04 Å². The van der Waals surface area contributed by atoms with Crippen LogP contribution in [0.15, 0.2) is 91.3 Å². The molecule has 0 spiro atoms. The molecule has 2 heterocycles. The molecular formula is C30H37Cl2N3O. The number of halogens is 2. The van der Waals surface area contributed by atoms with Crippen molar-refractivity contribution in [2.24, 2.45) is 5.92 Å². The van der Waals surface area contributed by atoms with Crippen molar-refractivity contribution in [2.75, 3.05) is 19.6 Å². The molecule has 1 N–H and O–H groups in total. The Hall–Kier alpha value is -2.66. The van der Waals surface area contributed by atoms with Crippen LogP contribution >= 0.6 is 24.8 Å². The van der Waals surface area contributed by atoms with Gasteiger partial charge in [-0.1, -0.05) is 79.6 Å². The molecule has 0 unspecified atom stereocenters. The maximum atomic E-state index is 12.0. The second-order valence-corrected chi connectivity index (χ2v) is 9.11. The molecule has 1 amide bonds. The van der Waals surface area contributed by atoms with E-state index in [0.29, 0.717) is 6.04 Å². The molecule has 1 aromatic heterocycles. The van der Waals surface area contributed by atoms with Gasteiger partial charge in [0.15, 0.2) is 0 Å². The number of piperidine rings is 1. The lowest BCUT2D eigenvalue weighted by Crippen LogP contribution is -2.37. The molecule has 0 saturated carbocycles. The van der Waals surface area contributed by atoms with Crippen molar-refractivity contribution in [3.8, 4) is 0 Å². The molecular weight excluding hydrogens is 489 g/mol. The van der Waals surface area contributed by atoms with Crippen LogP contribution in [0.1, 0.15) is 54.8 Å². The van der Waals surface area contributed by atoms with E-state index in [1.807, 2.05) is 12.1 Å². The molecule has 1 saturated heterocycles. The highest BCUT2D eigenvalue weighted by Gasteiger charge is 2.27. The second-order valence-electron chi connectivity index (χ2n) is 9.11. The van der Waals surface area contributed by atoms with Gasteiger partial charge in [-0.15, -0.1) is 24.8 Å². The Labute approximate surface area is 228 Å². The summed E-state index contributed by atoms with van der Waals surface area (Å²) in [4.78, 5) is 18.7. The molecule has 1 aliphatic rings. The number of hydrogen-bond acceptors (Lipinski definition) is 3. The van der Waals surface area contributed by atoms with Crippen LogP contribution in [0, 0.1) is 5.92 Å². The van der Waals surface area contributed by atoms with E-state index in [0.717, 1.165) is 44.0 Å². The minimum absolute atomic E-state index is 0. The monoisotopic (exact) mass is 525 g/mol. The van der Waals surface area contributed by atoms with E-state index in [9.17, 15) is 4.79 Å². The van der Waals surface area contributed by atoms with Gasteiger partial charge in [-0.2, -0.15) is 0 Å². The smallest absolute Gasteiger partial charge is 0.243 e. The third-order valence-electron chi connectivity index (χ3n) is 6.69. The number of rotatable bonds is 10. The fourth-order valence-electron chi connectivity index (χ4n) is 4.86. The lowest BCUT2D eigenvalue weighted by atomic mass is 9.88. The molecule has 0 bridgehead atoms. The average molecular weight is 527 g/mol. The molecule has 36 heavy (non-hydrogen) atoms. The van der Waals surface area contributed by atoms with Gasteiger partial charge >= 0.3 is 0 Å². The quantitative estimate of drug-likeness (QED) is 0.236. The number of aromatic nitrogens is 1. The van der Waals surface area contributed by atoms with Crippen molar-refractivity contribution in [1.82, 2.24) is 15.2 Å². The van der Waals surface area contributed by atoms with Crippen molar-refractivity contribution in [3.05, 3.63) is 108 Å². The Balaban J connectivity index is 0.00000228. The third-order valence-corrected chi connectivity index (χ3v) is 6.69. The fourth-order valence-corrected chi connectivity index (χ4v) is 4.86. The number of benzene rings is 2. The van der Waals surface area contributed by atoms with Gasteiger partial charge in [-0.05, 0) is 67.1 Å². The lowest BCUT2D eigenvalue weighted by Gasteiger charge is -2.38. The SMILES string of the molecule is Cl.Cl.O=C(C=Cc1cccnc1)NCCCCC1CCN(C(c2ccccc2)c2ccccc2)CC1. The number of pyridine rings is 1. The van der Waals surface area contributed by atoms with Crippen molar-refractivity contribution in [2.45, 2.75) is 38.1 Å². The Morgan fingerprint density at radius 3 is 2.14 bits per heavy atom. The highest BCUT2D eigenvalue weighted by Crippen LogP contribution is 2.33. The van der Waals surface area contributed by atoms with Crippen molar-refractivity contribution in [3.63, 3.8) is 0 Å². The summed E-state index contributed by atoms with van der Waals surface area (Å²) < 4.78 is 0. The van der Waals surface area contributed by atoms with Crippen molar-refractivity contribution in [1.29, 1.82) is 0 Å². The Morgan fingerprint density at radius 2 is 1.56 bits per heavy atom. The first-order valence-corrected chi connectivity index (χ1v) is 12.5. The zero-order valence-corrected chi connectivity index (χ0v) is 22.3. The maximum Gasteiger partial charge on any atom is 0.243 e. The summed E-state index contributed by atoms with van der Waals surface area (Å²) in [6.45, 7) is 3.00. The molecule has 0 aliphatic carbocycles. The van der Waals surface area contributed by atoms with E-state index in [1.165, 1.54) is 30.4 Å². The molecule has 1 fully saturated rings. The standard InChI is InChI=1S/C30H35N3O.2ClH/c34-29(17-16-26-11-9-20-31-24-26)32-21-8-7-10-25-18-22-33(23-19-25)30(27-12-3-1-4-13-27)28-14-5-2-6-15-28;;/h1-6,9,11-17,20,24-25,30H,7-8,10,18-19,21-23H2,(H,32,34);2*1H. The van der Waals surface area contributed by atoms with Crippen LogP contribution in [0.4, 0.5) is 0 Å². The number of carbonyl (C=O) groups is 1. The Morgan fingerprint density at radius 1 is 0.917 bits per heavy atom. The van der Waals surface area contributed by atoms with Gasteiger partial charge in [-0.25, -0.2) is 0 Å². The topological polar surface area (TPSA) is 45.2 Å². The number of nitrogens with zero attached hydrogens (tertiary/aromatic N) is 2. The van der Waals surface area contributed by atoms with Gasteiger partial charge in [0.25, 0.3) is 0 Å². The largest absolute Gasteiger partial charge is 0.353 e. The molecule has 4 rings (SSSR count). The highest BCUT2D eigenvalue weighted by atomic mass is 35.5. The molecule has 3 aromatic rings. The molecule has 4 nitrogen and oxygen atoms in total. The van der Waals surface area contributed by atoms with Crippen LogP contribution in [0.3, 0.4) is 0 Å². The second kappa shape index (κ2) is 16.2. The summed E-state index contributed by atoms with van der Waals surface area (Å²) in [5.41, 5.74) is 3.69. The molecule has 1 aliphatic heterocycles.